The maximum atomic E-state index is 12.1. The summed E-state index contributed by atoms with van der Waals surface area (Å²) in [5.41, 5.74) is 0.800. The predicted octanol–water partition coefficient (Wildman–Crippen LogP) is 2.79. The second-order valence-corrected chi connectivity index (χ2v) is 5.39. The number of aromatic nitrogens is 3. The zero-order valence-corrected chi connectivity index (χ0v) is 13.2. The van der Waals surface area contributed by atoms with E-state index in [2.05, 4.69) is 15.4 Å². The first-order valence-corrected chi connectivity index (χ1v) is 7.51. The number of furan rings is 1. The standard InChI is InChI=1S/C16H15ClN4O2/c1-11-19-15(16(22)18-9-8-14-3-2-10-23-14)20-21(11)13-6-4-12(17)5-7-13/h2-7,10H,8-9H2,1H3,(H,18,22). The number of carbonyl (C=O) groups is 1. The van der Waals surface area contributed by atoms with Crippen molar-refractivity contribution in [1.29, 1.82) is 0 Å². The SMILES string of the molecule is Cc1nc(C(=O)NCCc2ccco2)nn1-c1ccc(Cl)cc1. The Hall–Kier alpha value is -2.60. The Morgan fingerprint density at radius 3 is 2.78 bits per heavy atom. The highest BCUT2D eigenvalue weighted by Gasteiger charge is 2.15. The summed E-state index contributed by atoms with van der Waals surface area (Å²) >= 11 is 5.88. The molecule has 7 heteroatoms. The Morgan fingerprint density at radius 1 is 1.30 bits per heavy atom. The third-order valence-corrected chi connectivity index (χ3v) is 3.53. The maximum absolute atomic E-state index is 12.1. The normalized spacial score (nSPS) is 10.7. The lowest BCUT2D eigenvalue weighted by Crippen LogP contribution is -2.26. The maximum Gasteiger partial charge on any atom is 0.290 e. The van der Waals surface area contributed by atoms with Gasteiger partial charge < -0.3 is 9.73 Å². The van der Waals surface area contributed by atoms with Crippen LogP contribution in [0, 0.1) is 6.92 Å². The van der Waals surface area contributed by atoms with Gasteiger partial charge in [0, 0.05) is 18.0 Å². The van der Waals surface area contributed by atoms with Crippen LogP contribution in [0.3, 0.4) is 0 Å². The zero-order valence-electron chi connectivity index (χ0n) is 12.5. The number of amides is 1. The summed E-state index contributed by atoms with van der Waals surface area (Å²) < 4.78 is 6.82. The highest BCUT2D eigenvalue weighted by molar-refractivity contribution is 6.30. The van der Waals surface area contributed by atoms with Gasteiger partial charge in [0.1, 0.15) is 11.6 Å². The lowest BCUT2D eigenvalue weighted by molar-refractivity contribution is 0.0943. The van der Waals surface area contributed by atoms with Crippen molar-refractivity contribution < 1.29 is 9.21 Å². The van der Waals surface area contributed by atoms with E-state index in [-0.39, 0.29) is 11.7 Å². The van der Waals surface area contributed by atoms with Gasteiger partial charge >= 0.3 is 0 Å². The molecule has 0 atom stereocenters. The molecule has 0 aliphatic carbocycles. The van der Waals surface area contributed by atoms with Gasteiger partial charge in [-0.3, -0.25) is 4.79 Å². The Morgan fingerprint density at radius 2 is 2.09 bits per heavy atom. The fraction of sp³-hybridized carbons (Fsp3) is 0.188. The molecule has 0 fully saturated rings. The van der Waals surface area contributed by atoms with Crippen LogP contribution in [0.1, 0.15) is 22.2 Å². The summed E-state index contributed by atoms with van der Waals surface area (Å²) in [4.78, 5) is 16.3. The summed E-state index contributed by atoms with van der Waals surface area (Å²) in [6.45, 7) is 2.25. The number of hydrogen-bond acceptors (Lipinski definition) is 4. The smallest absolute Gasteiger partial charge is 0.290 e. The molecule has 0 spiro atoms. The molecule has 6 nitrogen and oxygen atoms in total. The molecule has 23 heavy (non-hydrogen) atoms. The van der Waals surface area contributed by atoms with Crippen LogP contribution in [-0.4, -0.2) is 27.2 Å². The van der Waals surface area contributed by atoms with Gasteiger partial charge in [0.05, 0.1) is 12.0 Å². The molecular weight excluding hydrogens is 316 g/mol. The summed E-state index contributed by atoms with van der Waals surface area (Å²) in [6.07, 6.45) is 2.23. The molecule has 1 N–H and O–H groups in total. The second-order valence-electron chi connectivity index (χ2n) is 4.96. The van der Waals surface area contributed by atoms with E-state index in [0.717, 1.165) is 11.4 Å². The van der Waals surface area contributed by atoms with E-state index in [1.54, 1.807) is 30.0 Å². The minimum absolute atomic E-state index is 0.136. The summed E-state index contributed by atoms with van der Waals surface area (Å²) in [5.74, 6) is 1.27. The van der Waals surface area contributed by atoms with Crippen LogP contribution in [0.2, 0.25) is 5.02 Å². The Labute approximate surface area is 138 Å². The number of hydrogen-bond donors (Lipinski definition) is 1. The zero-order chi connectivity index (χ0) is 16.2. The molecule has 2 aromatic heterocycles. The minimum atomic E-state index is -0.313. The molecule has 0 aliphatic heterocycles. The number of halogens is 1. The van der Waals surface area contributed by atoms with Crippen LogP contribution in [-0.2, 0) is 6.42 Å². The van der Waals surface area contributed by atoms with Crippen molar-refractivity contribution in [2.45, 2.75) is 13.3 Å². The van der Waals surface area contributed by atoms with Crippen molar-refractivity contribution in [3.8, 4) is 5.69 Å². The number of benzene rings is 1. The first kappa shape index (κ1) is 15.3. The van der Waals surface area contributed by atoms with E-state index in [4.69, 9.17) is 16.0 Å². The van der Waals surface area contributed by atoms with Crippen LogP contribution in [0.4, 0.5) is 0 Å². The monoisotopic (exact) mass is 330 g/mol. The predicted molar refractivity (Wildman–Crippen MR) is 85.9 cm³/mol. The van der Waals surface area contributed by atoms with E-state index in [9.17, 15) is 4.79 Å². The molecule has 0 aliphatic rings. The Balaban J connectivity index is 1.67. The van der Waals surface area contributed by atoms with Gasteiger partial charge in [-0.15, -0.1) is 5.10 Å². The van der Waals surface area contributed by atoms with E-state index < -0.39 is 0 Å². The largest absolute Gasteiger partial charge is 0.469 e. The number of rotatable bonds is 5. The lowest BCUT2D eigenvalue weighted by atomic mass is 10.3. The van der Waals surface area contributed by atoms with Gasteiger partial charge in [-0.2, -0.15) is 0 Å². The van der Waals surface area contributed by atoms with E-state index in [1.807, 2.05) is 24.3 Å². The van der Waals surface area contributed by atoms with Crippen molar-refractivity contribution in [3.05, 3.63) is 65.1 Å². The van der Waals surface area contributed by atoms with Crippen molar-refractivity contribution in [1.82, 2.24) is 20.1 Å². The molecule has 1 amide bonds. The highest BCUT2D eigenvalue weighted by Crippen LogP contribution is 2.14. The van der Waals surface area contributed by atoms with E-state index in [1.165, 1.54) is 0 Å². The average Bonchev–Trinajstić information content (AvgIpc) is 3.18. The van der Waals surface area contributed by atoms with Gasteiger partial charge in [0.15, 0.2) is 0 Å². The van der Waals surface area contributed by atoms with E-state index >= 15 is 0 Å². The highest BCUT2D eigenvalue weighted by atomic mass is 35.5. The molecule has 2 heterocycles. The Bertz CT molecular complexity index is 794. The van der Waals surface area contributed by atoms with Crippen LogP contribution in [0.25, 0.3) is 5.69 Å². The quantitative estimate of drug-likeness (QED) is 0.780. The Kier molecular flexibility index (Phi) is 4.43. The number of nitrogens with one attached hydrogen (secondary N) is 1. The summed E-state index contributed by atoms with van der Waals surface area (Å²) in [6, 6.07) is 10.9. The van der Waals surface area contributed by atoms with Crippen molar-refractivity contribution in [2.75, 3.05) is 6.54 Å². The number of carbonyl (C=O) groups excluding carboxylic acids is 1. The van der Waals surface area contributed by atoms with Crippen LogP contribution in [0.15, 0.2) is 47.1 Å². The van der Waals surface area contributed by atoms with Gasteiger partial charge in [0.25, 0.3) is 5.91 Å². The molecule has 0 saturated heterocycles. The second kappa shape index (κ2) is 6.66. The molecule has 118 valence electrons. The average molecular weight is 331 g/mol. The van der Waals surface area contributed by atoms with Gasteiger partial charge in [0.2, 0.25) is 5.82 Å². The van der Waals surface area contributed by atoms with Gasteiger partial charge in [-0.25, -0.2) is 9.67 Å². The van der Waals surface area contributed by atoms with E-state index in [0.29, 0.717) is 23.8 Å². The molecule has 0 radical (unpaired) electrons. The van der Waals surface area contributed by atoms with Crippen LogP contribution >= 0.6 is 11.6 Å². The first-order chi connectivity index (χ1) is 11.1. The van der Waals surface area contributed by atoms with Crippen molar-refractivity contribution in [2.24, 2.45) is 0 Å². The molecule has 0 saturated carbocycles. The lowest BCUT2D eigenvalue weighted by Gasteiger charge is -2.02. The first-order valence-electron chi connectivity index (χ1n) is 7.13. The molecule has 3 rings (SSSR count). The molecule has 1 aromatic carbocycles. The molecular formula is C16H15ClN4O2. The third kappa shape index (κ3) is 3.60. The van der Waals surface area contributed by atoms with Gasteiger partial charge in [-0.05, 0) is 43.3 Å². The molecule has 3 aromatic rings. The fourth-order valence-electron chi connectivity index (χ4n) is 2.15. The molecule has 0 bridgehead atoms. The summed E-state index contributed by atoms with van der Waals surface area (Å²) in [5, 5.41) is 7.67. The topological polar surface area (TPSA) is 73.0 Å². The van der Waals surface area contributed by atoms with Gasteiger partial charge in [-0.1, -0.05) is 11.6 Å². The van der Waals surface area contributed by atoms with Crippen molar-refractivity contribution >= 4 is 17.5 Å². The summed E-state index contributed by atoms with van der Waals surface area (Å²) in [7, 11) is 0. The van der Waals surface area contributed by atoms with Crippen molar-refractivity contribution in [3.63, 3.8) is 0 Å². The minimum Gasteiger partial charge on any atom is -0.469 e. The molecule has 0 unspecified atom stereocenters. The number of nitrogens with zero attached hydrogens (tertiary/aromatic N) is 3. The fourth-order valence-corrected chi connectivity index (χ4v) is 2.27. The third-order valence-electron chi connectivity index (χ3n) is 3.28. The van der Waals surface area contributed by atoms with Crippen LogP contribution < -0.4 is 5.32 Å². The van der Waals surface area contributed by atoms with Crippen LogP contribution in [0.5, 0.6) is 0 Å². The number of aryl methyl sites for hydroxylation is 1.